The summed E-state index contributed by atoms with van der Waals surface area (Å²) in [5.41, 5.74) is 0.277. The molecule has 1 aromatic rings. The van der Waals surface area contributed by atoms with Crippen LogP contribution in [0.1, 0.15) is 13.3 Å². The van der Waals surface area contributed by atoms with E-state index in [9.17, 15) is 14.0 Å². The summed E-state index contributed by atoms with van der Waals surface area (Å²) in [5, 5.41) is 2.95. The Hall–Kier alpha value is -1.95. The fourth-order valence-electron chi connectivity index (χ4n) is 2.83. The summed E-state index contributed by atoms with van der Waals surface area (Å²) < 4.78 is 13.8. The van der Waals surface area contributed by atoms with E-state index in [4.69, 9.17) is 0 Å². The summed E-state index contributed by atoms with van der Waals surface area (Å²) in [5.74, 6) is -0.931. The van der Waals surface area contributed by atoms with Crippen molar-refractivity contribution in [3.05, 3.63) is 30.1 Å². The molecule has 1 aliphatic heterocycles. The Labute approximate surface area is 130 Å². The first-order valence-electron chi connectivity index (χ1n) is 7.44. The normalized spacial score (nSPS) is 19.4. The molecule has 0 spiro atoms. The number of likely N-dealkylation sites (N-methyl/N-ethyl adjacent to an activating group) is 1. The maximum atomic E-state index is 13.8. The van der Waals surface area contributed by atoms with Gasteiger partial charge in [-0.15, -0.1) is 0 Å². The van der Waals surface area contributed by atoms with Crippen LogP contribution in [0.3, 0.4) is 0 Å². The van der Waals surface area contributed by atoms with Crippen molar-refractivity contribution in [1.82, 2.24) is 10.2 Å². The van der Waals surface area contributed by atoms with Gasteiger partial charge in [0.15, 0.2) is 0 Å². The van der Waals surface area contributed by atoms with Gasteiger partial charge in [-0.2, -0.15) is 0 Å². The van der Waals surface area contributed by atoms with Crippen molar-refractivity contribution >= 4 is 17.5 Å². The minimum atomic E-state index is -0.522. The topological polar surface area (TPSA) is 52.7 Å². The predicted molar refractivity (Wildman–Crippen MR) is 83.0 cm³/mol. The average Bonchev–Trinajstić information content (AvgIpc) is 2.88. The number of hydrogen-bond donors (Lipinski definition) is 1. The van der Waals surface area contributed by atoms with Crippen LogP contribution in [0, 0.1) is 11.7 Å². The molecule has 2 unspecified atom stereocenters. The lowest BCUT2D eigenvalue weighted by Gasteiger charge is -2.26. The van der Waals surface area contributed by atoms with Crippen LogP contribution in [0.2, 0.25) is 0 Å². The van der Waals surface area contributed by atoms with Crippen LogP contribution >= 0.6 is 0 Å². The Kier molecular flexibility index (Phi) is 5.13. The highest BCUT2D eigenvalue weighted by molar-refractivity contribution is 6.01. The smallest absolute Gasteiger partial charge is 0.249 e. The molecule has 1 aromatic carbocycles. The van der Waals surface area contributed by atoms with Gasteiger partial charge >= 0.3 is 0 Å². The van der Waals surface area contributed by atoms with Crippen LogP contribution in [0.25, 0.3) is 0 Å². The molecule has 2 atom stereocenters. The molecule has 1 saturated heterocycles. The third-order valence-electron chi connectivity index (χ3n) is 4.07. The van der Waals surface area contributed by atoms with Gasteiger partial charge < -0.3 is 15.1 Å². The molecule has 22 heavy (non-hydrogen) atoms. The van der Waals surface area contributed by atoms with Crippen molar-refractivity contribution in [2.45, 2.75) is 19.4 Å². The third-order valence-corrected chi connectivity index (χ3v) is 4.07. The molecule has 5 nitrogen and oxygen atoms in total. The van der Waals surface area contributed by atoms with Gasteiger partial charge in [-0.3, -0.25) is 9.59 Å². The Morgan fingerprint density at radius 3 is 2.82 bits per heavy atom. The van der Waals surface area contributed by atoms with E-state index in [2.05, 4.69) is 5.32 Å². The first-order valence-corrected chi connectivity index (χ1v) is 7.44. The van der Waals surface area contributed by atoms with Crippen LogP contribution in [0.4, 0.5) is 10.1 Å². The number of carbonyl (C=O) groups excluding carboxylic acids is 2. The van der Waals surface area contributed by atoms with Gasteiger partial charge in [0.25, 0.3) is 0 Å². The van der Waals surface area contributed by atoms with Gasteiger partial charge in [0.2, 0.25) is 11.8 Å². The van der Waals surface area contributed by atoms with Gasteiger partial charge in [0, 0.05) is 26.1 Å². The Morgan fingerprint density at radius 2 is 2.18 bits per heavy atom. The molecule has 1 N–H and O–H groups in total. The quantitative estimate of drug-likeness (QED) is 0.890. The van der Waals surface area contributed by atoms with Crippen molar-refractivity contribution < 1.29 is 14.0 Å². The summed E-state index contributed by atoms with van der Waals surface area (Å²) in [6.07, 6.45) is 0.516. The van der Waals surface area contributed by atoms with E-state index in [1.165, 1.54) is 15.9 Å². The first-order chi connectivity index (χ1) is 10.5. The molecule has 2 rings (SSSR count). The molecular weight excluding hydrogens is 285 g/mol. The monoisotopic (exact) mass is 307 g/mol. The SMILES string of the molecule is CNCC(C)C(=O)N(C)C1CCN(c2ccccc2F)C1=O. The Bertz CT molecular complexity index is 564. The number of para-hydroxylation sites is 1. The standard InChI is InChI=1S/C16H22FN3O2/c1-11(10-18-2)15(21)19(3)14-8-9-20(16(14)22)13-7-5-4-6-12(13)17/h4-7,11,14,18H,8-10H2,1-3H3. The largest absolute Gasteiger partial charge is 0.333 e. The molecule has 1 fully saturated rings. The zero-order valence-corrected chi connectivity index (χ0v) is 13.2. The number of benzene rings is 1. The predicted octanol–water partition coefficient (Wildman–Crippen LogP) is 1.24. The highest BCUT2D eigenvalue weighted by Crippen LogP contribution is 2.26. The van der Waals surface area contributed by atoms with Gasteiger partial charge in [0.1, 0.15) is 11.9 Å². The van der Waals surface area contributed by atoms with E-state index in [0.717, 1.165) is 0 Å². The number of amides is 2. The first kappa shape index (κ1) is 16.4. The van der Waals surface area contributed by atoms with Crippen molar-refractivity contribution in [1.29, 1.82) is 0 Å². The molecule has 0 radical (unpaired) electrons. The highest BCUT2D eigenvalue weighted by Gasteiger charge is 2.38. The lowest BCUT2D eigenvalue weighted by Crippen LogP contribution is -2.46. The number of hydrogen-bond acceptors (Lipinski definition) is 3. The zero-order valence-electron chi connectivity index (χ0n) is 13.2. The molecule has 120 valence electrons. The zero-order chi connectivity index (χ0) is 16.3. The van der Waals surface area contributed by atoms with Crippen molar-refractivity contribution in [3.8, 4) is 0 Å². The second kappa shape index (κ2) is 6.87. The number of halogens is 1. The molecule has 1 heterocycles. The molecule has 0 saturated carbocycles. The summed E-state index contributed by atoms with van der Waals surface area (Å²) in [7, 11) is 3.42. The van der Waals surface area contributed by atoms with Crippen LogP contribution in [0.15, 0.2) is 24.3 Å². The van der Waals surface area contributed by atoms with Gasteiger partial charge in [-0.05, 0) is 25.6 Å². The fraction of sp³-hybridized carbons (Fsp3) is 0.500. The van der Waals surface area contributed by atoms with Crippen molar-refractivity contribution in [2.24, 2.45) is 5.92 Å². The summed E-state index contributed by atoms with van der Waals surface area (Å²) in [6, 6.07) is 5.68. The molecular formula is C16H22FN3O2. The lowest BCUT2D eigenvalue weighted by atomic mass is 10.1. The molecule has 1 aliphatic rings. The van der Waals surface area contributed by atoms with E-state index in [1.54, 1.807) is 32.3 Å². The van der Waals surface area contributed by atoms with Gasteiger partial charge in [-0.25, -0.2) is 4.39 Å². The fourth-order valence-corrected chi connectivity index (χ4v) is 2.83. The number of anilines is 1. The molecule has 2 amide bonds. The van der Waals surface area contributed by atoms with E-state index >= 15 is 0 Å². The highest BCUT2D eigenvalue weighted by atomic mass is 19.1. The minimum Gasteiger partial charge on any atom is -0.333 e. The van der Waals surface area contributed by atoms with Crippen LogP contribution in [-0.2, 0) is 9.59 Å². The van der Waals surface area contributed by atoms with Crippen molar-refractivity contribution in [3.63, 3.8) is 0 Å². The van der Waals surface area contributed by atoms with Crippen molar-refractivity contribution in [2.75, 3.05) is 32.1 Å². The lowest BCUT2D eigenvalue weighted by molar-refractivity contribution is -0.139. The summed E-state index contributed by atoms with van der Waals surface area (Å²) in [4.78, 5) is 27.8. The number of nitrogens with zero attached hydrogens (tertiary/aromatic N) is 2. The molecule has 0 aliphatic carbocycles. The molecule has 0 bridgehead atoms. The third kappa shape index (κ3) is 3.11. The molecule has 0 aromatic heterocycles. The second-order valence-corrected chi connectivity index (χ2v) is 5.65. The van der Waals surface area contributed by atoms with Gasteiger partial charge in [-0.1, -0.05) is 19.1 Å². The number of nitrogens with one attached hydrogen (secondary N) is 1. The Morgan fingerprint density at radius 1 is 1.50 bits per heavy atom. The molecule has 6 heteroatoms. The van der Waals surface area contributed by atoms with E-state index < -0.39 is 11.9 Å². The summed E-state index contributed by atoms with van der Waals surface area (Å²) in [6.45, 7) is 2.80. The number of rotatable bonds is 5. The Balaban J connectivity index is 2.11. The van der Waals surface area contributed by atoms with Gasteiger partial charge in [0.05, 0.1) is 5.69 Å². The van der Waals surface area contributed by atoms with E-state index in [1.807, 2.05) is 6.92 Å². The maximum Gasteiger partial charge on any atom is 0.249 e. The van der Waals surface area contributed by atoms with E-state index in [-0.39, 0.29) is 23.4 Å². The van der Waals surface area contributed by atoms with Crippen LogP contribution in [-0.4, -0.2) is 49.9 Å². The maximum absolute atomic E-state index is 13.8. The van der Waals surface area contributed by atoms with E-state index in [0.29, 0.717) is 19.5 Å². The number of carbonyl (C=O) groups is 2. The minimum absolute atomic E-state index is 0.0805. The average molecular weight is 307 g/mol. The van der Waals surface area contributed by atoms with Crippen LogP contribution < -0.4 is 10.2 Å². The second-order valence-electron chi connectivity index (χ2n) is 5.65. The summed E-state index contributed by atoms with van der Waals surface area (Å²) >= 11 is 0. The van der Waals surface area contributed by atoms with Crippen LogP contribution in [0.5, 0.6) is 0 Å².